The molecule has 1 N–H and O–H groups in total. The van der Waals surface area contributed by atoms with E-state index in [-0.39, 0.29) is 0 Å². The van der Waals surface area contributed by atoms with Gasteiger partial charge in [-0.2, -0.15) is 0 Å². The Bertz CT molecular complexity index is 361. The van der Waals surface area contributed by atoms with Crippen LogP contribution in [-0.4, -0.2) is 30.1 Å². The highest BCUT2D eigenvalue weighted by Gasteiger charge is 2.14. The van der Waals surface area contributed by atoms with Crippen molar-refractivity contribution in [1.29, 1.82) is 0 Å². The highest BCUT2D eigenvalue weighted by atomic mass is 15.2. The van der Waals surface area contributed by atoms with Gasteiger partial charge in [-0.25, -0.2) is 9.97 Å². The number of rotatable bonds is 7. The molecule has 0 spiro atoms. The Hall–Kier alpha value is -1.32. The zero-order valence-electron chi connectivity index (χ0n) is 12.3. The summed E-state index contributed by atoms with van der Waals surface area (Å²) in [4.78, 5) is 11.4. The molecule has 0 aliphatic carbocycles. The fourth-order valence-corrected chi connectivity index (χ4v) is 2.15. The van der Waals surface area contributed by atoms with Crippen molar-refractivity contribution in [2.24, 2.45) is 0 Å². The third kappa shape index (κ3) is 3.59. The summed E-state index contributed by atoms with van der Waals surface area (Å²) in [7, 11) is 4.02. The molecule has 4 heteroatoms. The molecule has 0 aromatic carbocycles. The standard InChI is InChI=1S/C14H26N4/c1-6-9-12-16-13(15-4)10-14(17-12)18(5)11(7-2)8-3/h10-11H,6-9H2,1-5H3,(H,15,16,17). The fraction of sp³-hybridized carbons (Fsp3) is 0.714. The lowest BCUT2D eigenvalue weighted by molar-refractivity contribution is 0.585. The third-order valence-corrected chi connectivity index (χ3v) is 3.34. The summed E-state index contributed by atoms with van der Waals surface area (Å²) in [6, 6.07) is 2.57. The van der Waals surface area contributed by atoms with Crippen LogP contribution in [0.1, 0.15) is 45.9 Å². The molecule has 1 aromatic heterocycles. The molecule has 0 amide bonds. The van der Waals surface area contributed by atoms with Gasteiger partial charge in [0.05, 0.1) is 0 Å². The van der Waals surface area contributed by atoms with Gasteiger partial charge < -0.3 is 10.2 Å². The van der Waals surface area contributed by atoms with E-state index in [0.717, 1.165) is 43.1 Å². The highest BCUT2D eigenvalue weighted by molar-refractivity contribution is 5.49. The van der Waals surface area contributed by atoms with Gasteiger partial charge in [-0.05, 0) is 19.3 Å². The topological polar surface area (TPSA) is 41.1 Å². The number of anilines is 2. The van der Waals surface area contributed by atoms with E-state index in [2.05, 4.69) is 48.0 Å². The van der Waals surface area contributed by atoms with Gasteiger partial charge in [0, 0.05) is 32.6 Å². The Morgan fingerprint density at radius 1 is 1.22 bits per heavy atom. The van der Waals surface area contributed by atoms with Crippen molar-refractivity contribution in [2.75, 3.05) is 24.3 Å². The molecule has 0 radical (unpaired) electrons. The predicted octanol–water partition coefficient (Wildman–Crippen LogP) is 3.10. The molecule has 1 aromatic rings. The molecule has 1 heterocycles. The summed E-state index contributed by atoms with van der Waals surface area (Å²) in [6.07, 6.45) is 4.27. The summed E-state index contributed by atoms with van der Waals surface area (Å²) < 4.78 is 0. The molecule has 0 saturated heterocycles. The lowest BCUT2D eigenvalue weighted by Crippen LogP contribution is -2.31. The maximum absolute atomic E-state index is 4.66. The van der Waals surface area contributed by atoms with Gasteiger partial charge in [-0.15, -0.1) is 0 Å². The quantitative estimate of drug-likeness (QED) is 0.807. The highest BCUT2D eigenvalue weighted by Crippen LogP contribution is 2.19. The average molecular weight is 250 g/mol. The summed E-state index contributed by atoms with van der Waals surface area (Å²) >= 11 is 0. The Morgan fingerprint density at radius 2 is 1.89 bits per heavy atom. The number of hydrogen-bond donors (Lipinski definition) is 1. The summed E-state index contributed by atoms with van der Waals surface area (Å²) in [5.41, 5.74) is 0. The van der Waals surface area contributed by atoms with Crippen molar-refractivity contribution in [3.8, 4) is 0 Å². The van der Waals surface area contributed by atoms with Crippen LogP contribution in [0.15, 0.2) is 6.07 Å². The minimum atomic E-state index is 0.541. The number of hydrogen-bond acceptors (Lipinski definition) is 4. The van der Waals surface area contributed by atoms with Crippen molar-refractivity contribution in [1.82, 2.24) is 9.97 Å². The van der Waals surface area contributed by atoms with Crippen LogP contribution >= 0.6 is 0 Å². The van der Waals surface area contributed by atoms with Crippen LogP contribution in [0.5, 0.6) is 0 Å². The first-order chi connectivity index (χ1) is 8.65. The molecule has 0 bridgehead atoms. The van der Waals surface area contributed by atoms with Crippen LogP contribution in [0.4, 0.5) is 11.6 Å². The second-order valence-corrected chi connectivity index (χ2v) is 4.61. The molecular formula is C14H26N4. The minimum absolute atomic E-state index is 0.541. The van der Waals surface area contributed by atoms with Crippen LogP contribution in [0.3, 0.4) is 0 Å². The largest absolute Gasteiger partial charge is 0.373 e. The van der Waals surface area contributed by atoms with Gasteiger partial charge in [-0.1, -0.05) is 20.8 Å². The van der Waals surface area contributed by atoms with E-state index in [9.17, 15) is 0 Å². The number of nitrogens with zero attached hydrogens (tertiary/aromatic N) is 3. The SMILES string of the molecule is CCCc1nc(NC)cc(N(C)C(CC)CC)n1. The predicted molar refractivity (Wildman–Crippen MR) is 78.3 cm³/mol. The van der Waals surface area contributed by atoms with Gasteiger partial charge in [-0.3, -0.25) is 0 Å². The van der Waals surface area contributed by atoms with E-state index in [1.165, 1.54) is 0 Å². The van der Waals surface area contributed by atoms with Crippen molar-refractivity contribution >= 4 is 11.6 Å². The molecule has 102 valence electrons. The van der Waals surface area contributed by atoms with E-state index < -0.39 is 0 Å². The van der Waals surface area contributed by atoms with Crippen LogP contribution in [0.25, 0.3) is 0 Å². The lowest BCUT2D eigenvalue weighted by Gasteiger charge is -2.27. The molecule has 1 rings (SSSR count). The van der Waals surface area contributed by atoms with E-state index in [1.54, 1.807) is 0 Å². The molecule has 0 atom stereocenters. The van der Waals surface area contributed by atoms with Gasteiger partial charge in [0.25, 0.3) is 0 Å². The van der Waals surface area contributed by atoms with Gasteiger partial charge in [0.2, 0.25) is 0 Å². The van der Waals surface area contributed by atoms with E-state index in [0.29, 0.717) is 6.04 Å². The second-order valence-electron chi connectivity index (χ2n) is 4.61. The Labute approximate surface area is 111 Å². The molecular weight excluding hydrogens is 224 g/mol. The molecule has 4 nitrogen and oxygen atoms in total. The van der Waals surface area contributed by atoms with Gasteiger partial charge in [0.1, 0.15) is 17.5 Å². The average Bonchev–Trinajstić information content (AvgIpc) is 2.40. The number of aryl methyl sites for hydroxylation is 1. The minimum Gasteiger partial charge on any atom is -0.373 e. The molecule has 18 heavy (non-hydrogen) atoms. The molecule has 0 aliphatic heterocycles. The van der Waals surface area contributed by atoms with E-state index in [1.807, 2.05) is 13.1 Å². The first-order valence-corrected chi connectivity index (χ1v) is 6.94. The van der Waals surface area contributed by atoms with E-state index >= 15 is 0 Å². The normalized spacial score (nSPS) is 10.8. The monoisotopic (exact) mass is 250 g/mol. The van der Waals surface area contributed by atoms with Crippen molar-refractivity contribution in [3.05, 3.63) is 11.9 Å². The first kappa shape index (κ1) is 14.7. The zero-order chi connectivity index (χ0) is 13.5. The van der Waals surface area contributed by atoms with Crippen LogP contribution < -0.4 is 10.2 Å². The third-order valence-electron chi connectivity index (χ3n) is 3.34. The Balaban J connectivity index is 3.02. The smallest absolute Gasteiger partial charge is 0.134 e. The molecule has 0 unspecified atom stereocenters. The van der Waals surface area contributed by atoms with Crippen molar-refractivity contribution in [3.63, 3.8) is 0 Å². The summed E-state index contributed by atoms with van der Waals surface area (Å²) in [5, 5.41) is 3.12. The Kier molecular flexibility index (Phi) is 5.89. The van der Waals surface area contributed by atoms with Gasteiger partial charge in [0.15, 0.2) is 0 Å². The number of nitrogens with one attached hydrogen (secondary N) is 1. The van der Waals surface area contributed by atoms with Crippen LogP contribution in [0, 0.1) is 0 Å². The van der Waals surface area contributed by atoms with Crippen molar-refractivity contribution in [2.45, 2.75) is 52.5 Å². The van der Waals surface area contributed by atoms with Gasteiger partial charge >= 0.3 is 0 Å². The molecule has 0 aliphatic rings. The van der Waals surface area contributed by atoms with Crippen LogP contribution in [0.2, 0.25) is 0 Å². The maximum Gasteiger partial charge on any atom is 0.134 e. The maximum atomic E-state index is 4.66. The number of aromatic nitrogens is 2. The Morgan fingerprint density at radius 3 is 2.39 bits per heavy atom. The van der Waals surface area contributed by atoms with E-state index in [4.69, 9.17) is 0 Å². The fourth-order valence-electron chi connectivity index (χ4n) is 2.15. The summed E-state index contributed by atoms with van der Waals surface area (Å²) in [5.74, 6) is 2.85. The summed E-state index contributed by atoms with van der Waals surface area (Å²) in [6.45, 7) is 6.59. The van der Waals surface area contributed by atoms with Crippen LogP contribution in [-0.2, 0) is 6.42 Å². The van der Waals surface area contributed by atoms with Crippen molar-refractivity contribution < 1.29 is 0 Å². The second kappa shape index (κ2) is 7.19. The first-order valence-electron chi connectivity index (χ1n) is 6.94. The zero-order valence-corrected chi connectivity index (χ0v) is 12.3. The molecule has 0 fully saturated rings. The lowest BCUT2D eigenvalue weighted by atomic mass is 10.1. The molecule has 0 saturated carbocycles.